The van der Waals surface area contributed by atoms with Crippen LogP contribution in [0.1, 0.15) is 52.1 Å². The minimum Gasteiger partial charge on any atom is -0.447 e. The van der Waals surface area contributed by atoms with E-state index in [1.165, 1.54) is 0 Å². The maximum absolute atomic E-state index is 5.81. The third-order valence-electron chi connectivity index (χ3n) is 3.51. The quantitative estimate of drug-likeness (QED) is 0.900. The molecule has 20 heavy (non-hydrogen) atoms. The van der Waals surface area contributed by atoms with Crippen LogP contribution in [0.2, 0.25) is 0 Å². The van der Waals surface area contributed by atoms with Crippen molar-refractivity contribution in [3.63, 3.8) is 0 Å². The van der Waals surface area contributed by atoms with Crippen molar-refractivity contribution in [2.75, 3.05) is 7.11 Å². The van der Waals surface area contributed by atoms with Crippen molar-refractivity contribution in [1.82, 2.24) is 10.3 Å². The number of aromatic nitrogens is 1. The SMILES string of the molecule is COC1CCCC(Oc2nc(CNC(C)(C)C)co2)C1. The minimum atomic E-state index is 0.0645. The molecule has 1 aliphatic carbocycles. The number of nitrogens with one attached hydrogen (secondary N) is 1. The second-order valence-electron chi connectivity index (χ2n) is 6.47. The Balaban J connectivity index is 1.83. The first kappa shape index (κ1) is 15.3. The van der Waals surface area contributed by atoms with E-state index in [-0.39, 0.29) is 11.6 Å². The highest BCUT2D eigenvalue weighted by atomic mass is 16.6. The summed E-state index contributed by atoms with van der Waals surface area (Å²) in [5.74, 6) is 0. The third-order valence-corrected chi connectivity index (χ3v) is 3.51. The molecule has 2 unspecified atom stereocenters. The Morgan fingerprint density at radius 2 is 2.10 bits per heavy atom. The molecule has 0 spiro atoms. The summed E-state index contributed by atoms with van der Waals surface area (Å²) in [6.07, 6.45) is 6.67. The number of rotatable bonds is 5. The summed E-state index contributed by atoms with van der Waals surface area (Å²) in [7, 11) is 1.76. The van der Waals surface area contributed by atoms with Gasteiger partial charge in [0.05, 0.1) is 11.8 Å². The summed E-state index contributed by atoms with van der Waals surface area (Å²) in [5, 5.41) is 3.37. The molecule has 1 aromatic rings. The number of nitrogens with zero attached hydrogens (tertiary/aromatic N) is 1. The summed E-state index contributed by atoms with van der Waals surface area (Å²) in [5.41, 5.74) is 0.934. The monoisotopic (exact) mass is 282 g/mol. The number of hydrogen-bond acceptors (Lipinski definition) is 5. The summed E-state index contributed by atoms with van der Waals surface area (Å²) in [6, 6.07) is 0. The smallest absolute Gasteiger partial charge is 0.394 e. The first-order valence-electron chi connectivity index (χ1n) is 7.35. The molecule has 114 valence electrons. The van der Waals surface area contributed by atoms with E-state index in [4.69, 9.17) is 13.9 Å². The van der Waals surface area contributed by atoms with Crippen LogP contribution in [0.25, 0.3) is 0 Å². The van der Waals surface area contributed by atoms with Crippen molar-refractivity contribution < 1.29 is 13.9 Å². The van der Waals surface area contributed by atoms with Crippen LogP contribution in [-0.4, -0.2) is 29.8 Å². The lowest BCUT2D eigenvalue weighted by atomic mass is 9.95. The fourth-order valence-electron chi connectivity index (χ4n) is 2.35. The van der Waals surface area contributed by atoms with Gasteiger partial charge in [-0.15, -0.1) is 0 Å². The lowest BCUT2D eigenvalue weighted by Gasteiger charge is -2.27. The number of ether oxygens (including phenoxy) is 2. The van der Waals surface area contributed by atoms with Gasteiger partial charge in [0, 0.05) is 25.6 Å². The summed E-state index contributed by atoms with van der Waals surface area (Å²) >= 11 is 0. The van der Waals surface area contributed by atoms with Crippen molar-refractivity contribution in [3.8, 4) is 6.08 Å². The van der Waals surface area contributed by atoms with E-state index in [1.807, 2.05) is 0 Å². The second-order valence-corrected chi connectivity index (χ2v) is 6.47. The summed E-state index contributed by atoms with van der Waals surface area (Å²) in [6.45, 7) is 7.05. The largest absolute Gasteiger partial charge is 0.447 e. The van der Waals surface area contributed by atoms with Gasteiger partial charge in [-0.2, -0.15) is 4.98 Å². The van der Waals surface area contributed by atoms with Crippen LogP contribution in [0.15, 0.2) is 10.7 Å². The van der Waals surface area contributed by atoms with Gasteiger partial charge in [0.15, 0.2) is 0 Å². The molecule has 1 N–H and O–H groups in total. The van der Waals surface area contributed by atoms with Crippen LogP contribution < -0.4 is 10.1 Å². The van der Waals surface area contributed by atoms with E-state index >= 15 is 0 Å². The Morgan fingerprint density at radius 1 is 1.35 bits per heavy atom. The lowest BCUT2D eigenvalue weighted by molar-refractivity contribution is 0.0111. The highest BCUT2D eigenvalue weighted by molar-refractivity contribution is 5.01. The average molecular weight is 282 g/mol. The average Bonchev–Trinajstić information content (AvgIpc) is 2.83. The number of oxazole rings is 1. The van der Waals surface area contributed by atoms with Gasteiger partial charge in [0.25, 0.3) is 0 Å². The van der Waals surface area contributed by atoms with Gasteiger partial charge in [-0.1, -0.05) is 0 Å². The molecule has 0 radical (unpaired) electrons. The molecule has 1 saturated carbocycles. The predicted molar refractivity (Wildman–Crippen MR) is 76.8 cm³/mol. The summed E-state index contributed by atoms with van der Waals surface area (Å²) in [4.78, 5) is 4.37. The van der Waals surface area contributed by atoms with Gasteiger partial charge < -0.3 is 19.2 Å². The van der Waals surface area contributed by atoms with Crippen LogP contribution in [0.5, 0.6) is 6.08 Å². The molecule has 1 aromatic heterocycles. The van der Waals surface area contributed by atoms with Crippen molar-refractivity contribution >= 4 is 0 Å². The topological polar surface area (TPSA) is 56.5 Å². The van der Waals surface area contributed by atoms with Gasteiger partial charge >= 0.3 is 6.08 Å². The van der Waals surface area contributed by atoms with E-state index in [0.717, 1.165) is 31.4 Å². The minimum absolute atomic E-state index is 0.0645. The van der Waals surface area contributed by atoms with Crippen molar-refractivity contribution in [2.45, 2.75) is 70.7 Å². The highest BCUT2D eigenvalue weighted by Gasteiger charge is 2.24. The first-order chi connectivity index (χ1) is 9.46. The molecule has 2 atom stereocenters. The lowest BCUT2D eigenvalue weighted by Crippen LogP contribution is -2.35. The molecule has 1 fully saturated rings. The molecule has 0 amide bonds. The Bertz CT molecular complexity index is 411. The summed E-state index contributed by atoms with van der Waals surface area (Å²) < 4.78 is 16.6. The van der Waals surface area contributed by atoms with Gasteiger partial charge in [-0.25, -0.2) is 0 Å². The molecule has 2 rings (SSSR count). The van der Waals surface area contributed by atoms with Crippen LogP contribution in [0, 0.1) is 0 Å². The normalized spacial score (nSPS) is 23.8. The van der Waals surface area contributed by atoms with E-state index in [1.54, 1.807) is 13.4 Å². The zero-order valence-electron chi connectivity index (χ0n) is 12.9. The van der Waals surface area contributed by atoms with Crippen LogP contribution in [0.4, 0.5) is 0 Å². The van der Waals surface area contributed by atoms with Gasteiger partial charge in [0.2, 0.25) is 0 Å². The Hall–Kier alpha value is -1.07. The number of methoxy groups -OCH3 is 1. The van der Waals surface area contributed by atoms with Crippen molar-refractivity contribution in [1.29, 1.82) is 0 Å². The molecule has 5 heteroatoms. The molecule has 0 aliphatic heterocycles. The maximum Gasteiger partial charge on any atom is 0.394 e. The van der Waals surface area contributed by atoms with Gasteiger partial charge in [-0.05, 0) is 40.0 Å². The molecule has 0 saturated heterocycles. The van der Waals surface area contributed by atoms with Crippen LogP contribution >= 0.6 is 0 Å². The van der Waals surface area contributed by atoms with E-state index in [2.05, 4.69) is 31.1 Å². The fraction of sp³-hybridized carbons (Fsp3) is 0.800. The number of hydrogen-bond donors (Lipinski definition) is 1. The van der Waals surface area contributed by atoms with Crippen molar-refractivity contribution in [3.05, 3.63) is 12.0 Å². The fourth-order valence-corrected chi connectivity index (χ4v) is 2.35. The van der Waals surface area contributed by atoms with E-state index in [0.29, 0.717) is 18.7 Å². The zero-order valence-corrected chi connectivity index (χ0v) is 12.9. The Kier molecular flexibility index (Phi) is 5.05. The second kappa shape index (κ2) is 6.59. The predicted octanol–water partition coefficient (Wildman–Crippen LogP) is 2.90. The highest BCUT2D eigenvalue weighted by Crippen LogP contribution is 2.25. The standard InChI is InChI=1S/C15H26N2O3/c1-15(2,3)16-9-11-10-19-14(17-11)20-13-7-5-6-12(8-13)18-4/h10,12-13,16H,5-9H2,1-4H3. The van der Waals surface area contributed by atoms with Gasteiger partial charge in [0.1, 0.15) is 12.4 Å². The Labute approximate surface area is 121 Å². The Morgan fingerprint density at radius 3 is 2.80 bits per heavy atom. The molecule has 5 nitrogen and oxygen atoms in total. The van der Waals surface area contributed by atoms with Crippen LogP contribution in [-0.2, 0) is 11.3 Å². The molecule has 1 heterocycles. The molecule has 1 aliphatic rings. The molecule has 0 bridgehead atoms. The molecular formula is C15H26N2O3. The van der Waals surface area contributed by atoms with E-state index < -0.39 is 0 Å². The third kappa shape index (κ3) is 4.80. The first-order valence-corrected chi connectivity index (χ1v) is 7.35. The van der Waals surface area contributed by atoms with E-state index in [9.17, 15) is 0 Å². The maximum atomic E-state index is 5.81. The molecule has 0 aromatic carbocycles. The van der Waals surface area contributed by atoms with Crippen molar-refractivity contribution in [2.24, 2.45) is 0 Å². The van der Waals surface area contributed by atoms with Gasteiger partial charge in [-0.3, -0.25) is 0 Å². The molecular weight excluding hydrogens is 256 g/mol. The zero-order chi connectivity index (χ0) is 14.6. The van der Waals surface area contributed by atoms with Crippen LogP contribution in [0.3, 0.4) is 0 Å².